The number of rotatable bonds is 6. The number of hydrogen-bond acceptors (Lipinski definition) is 3. The molecule has 1 atom stereocenters. The Bertz CT molecular complexity index is 522. The molecule has 7 heteroatoms. The highest BCUT2D eigenvalue weighted by atomic mass is 79.9. The standard InChI is InChI=1S/C14H19BrN2O4/c1-4-17(9(2)7-13(18)19)14(20)16-10-5-6-11(15)12(8-10)21-3/h5-6,8-9H,4,7H2,1-3H3,(H,16,20)(H,18,19). The lowest BCUT2D eigenvalue weighted by molar-refractivity contribution is -0.137. The van der Waals surface area contributed by atoms with Crippen molar-refractivity contribution in [3.63, 3.8) is 0 Å². The molecule has 1 aromatic carbocycles. The molecule has 21 heavy (non-hydrogen) atoms. The average molecular weight is 359 g/mol. The molecule has 1 unspecified atom stereocenters. The van der Waals surface area contributed by atoms with Gasteiger partial charge in [0, 0.05) is 24.3 Å². The van der Waals surface area contributed by atoms with Gasteiger partial charge in [0.25, 0.3) is 0 Å². The molecule has 0 bridgehead atoms. The summed E-state index contributed by atoms with van der Waals surface area (Å²) in [5.74, 6) is -0.325. The molecule has 2 amide bonds. The van der Waals surface area contributed by atoms with E-state index >= 15 is 0 Å². The van der Waals surface area contributed by atoms with Gasteiger partial charge in [0.1, 0.15) is 5.75 Å². The first kappa shape index (κ1) is 17.3. The molecule has 0 radical (unpaired) electrons. The predicted molar refractivity (Wildman–Crippen MR) is 83.8 cm³/mol. The van der Waals surface area contributed by atoms with Crippen LogP contribution in [0.3, 0.4) is 0 Å². The summed E-state index contributed by atoms with van der Waals surface area (Å²) < 4.78 is 5.95. The van der Waals surface area contributed by atoms with Crippen molar-refractivity contribution in [2.75, 3.05) is 19.0 Å². The van der Waals surface area contributed by atoms with Crippen LogP contribution in [0.4, 0.5) is 10.5 Å². The molecule has 6 nitrogen and oxygen atoms in total. The zero-order chi connectivity index (χ0) is 16.0. The monoisotopic (exact) mass is 358 g/mol. The maximum Gasteiger partial charge on any atom is 0.322 e. The predicted octanol–water partition coefficient (Wildman–Crippen LogP) is 3.17. The Labute approximate surface area is 132 Å². The number of hydrogen-bond donors (Lipinski definition) is 2. The van der Waals surface area contributed by atoms with Gasteiger partial charge in [-0.2, -0.15) is 0 Å². The Balaban J connectivity index is 2.80. The lowest BCUT2D eigenvalue weighted by Crippen LogP contribution is -2.42. The third kappa shape index (κ3) is 4.93. The number of nitrogens with zero attached hydrogens (tertiary/aromatic N) is 1. The molecular formula is C14H19BrN2O4. The fourth-order valence-corrected chi connectivity index (χ4v) is 2.36. The Hall–Kier alpha value is -1.76. The minimum atomic E-state index is -0.931. The minimum Gasteiger partial charge on any atom is -0.495 e. The highest BCUT2D eigenvalue weighted by Crippen LogP contribution is 2.28. The van der Waals surface area contributed by atoms with Crippen LogP contribution in [0.15, 0.2) is 22.7 Å². The number of halogens is 1. The Kier molecular flexibility index (Phi) is 6.48. The first-order valence-corrected chi connectivity index (χ1v) is 7.31. The van der Waals surface area contributed by atoms with Crippen LogP contribution in [0.5, 0.6) is 5.75 Å². The summed E-state index contributed by atoms with van der Waals surface area (Å²) in [5, 5.41) is 11.6. The highest BCUT2D eigenvalue weighted by Gasteiger charge is 2.21. The van der Waals surface area contributed by atoms with Crippen LogP contribution >= 0.6 is 15.9 Å². The van der Waals surface area contributed by atoms with E-state index in [2.05, 4.69) is 21.2 Å². The summed E-state index contributed by atoms with van der Waals surface area (Å²) in [6.45, 7) is 3.94. The van der Waals surface area contributed by atoms with Crippen LogP contribution in [0, 0.1) is 0 Å². The number of amides is 2. The smallest absolute Gasteiger partial charge is 0.322 e. The second-order valence-electron chi connectivity index (χ2n) is 4.51. The van der Waals surface area contributed by atoms with Crippen molar-refractivity contribution in [1.29, 1.82) is 0 Å². The number of anilines is 1. The minimum absolute atomic E-state index is 0.0923. The molecule has 0 spiro atoms. The third-order valence-electron chi connectivity index (χ3n) is 3.01. The first-order chi connectivity index (χ1) is 9.88. The molecule has 0 aliphatic carbocycles. The summed E-state index contributed by atoms with van der Waals surface area (Å²) in [6, 6.07) is 4.48. The zero-order valence-electron chi connectivity index (χ0n) is 12.2. The quantitative estimate of drug-likeness (QED) is 0.818. The van der Waals surface area contributed by atoms with E-state index in [1.807, 2.05) is 0 Å². The molecule has 2 N–H and O–H groups in total. The summed E-state index contributed by atoms with van der Waals surface area (Å²) in [4.78, 5) is 24.4. The van der Waals surface area contributed by atoms with Crippen molar-refractivity contribution in [2.24, 2.45) is 0 Å². The van der Waals surface area contributed by atoms with Gasteiger partial charge in [0.2, 0.25) is 0 Å². The van der Waals surface area contributed by atoms with Gasteiger partial charge in [-0.15, -0.1) is 0 Å². The molecule has 0 heterocycles. The molecule has 0 aliphatic heterocycles. The van der Waals surface area contributed by atoms with Crippen molar-refractivity contribution >= 4 is 33.6 Å². The van der Waals surface area contributed by atoms with Crippen LogP contribution in [-0.2, 0) is 4.79 Å². The Morgan fingerprint density at radius 3 is 2.67 bits per heavy atom. The van der Waals surface area contributed by atoms with Gasteiger partial charge < -0.3 is 20.1 Å². The average Bonchev–Trinajstić information content (AvgIpc) is 2.40. The van der Waals surface area contributed by atoms with Crippen LogP contribution in [0.25, 0.3) is 0 Å². The topological polar surface area (TPSA) is 78.9 Å². The van der Waals surface area contributed by atoms with Gasteiger partial charge >= 0.3 is 12.0 Å². The third-order valence-corrected chi connectivity index (χ3v) is 3.66. The number of carboxylic acids is 1. The number of aliphatic carboxylic acids is 1. The number of methoxy groups -OCH3 is 1. The number of carbonyl (C=O) groups is 2. The van der Waals surface area contributed by atoms with E-state index in [0.29, 0.717) is 18.0 Å². The number of benzene rings is 1. The zero-order valence-corrected chi connectivity index (χ0v) is 13.8. The van der Waals surface area contributed by atoms with Crippen LogP contribution in [0.2, 0.25) is 0 Å². The SMILES string of the molecule is CCN(C(=O)Nc1ccc(Br)c(OC)c1)C(C)CC(=O)O. The maximum atomic E-state index is 12.2. The molecule has 1 aromatic rings. The fraction of sp³-hybridized carbons (Fsp3) is 0.429. The van der Waals surface area contributed by atoms with Gasteiger partial charge in [-0.25, -0.2) is 4.79 Å². The second-order valence-corrected chi connectivity index (χ2v) is 5.37. The number of ether oxygens (including phenoxy) is 1. The van der Waals surface area contributed by atoms with E-state index < -0.39 is 5.97 Å². The van der Waals surface area contributed by atoms with Crippen molar-refractivity contribution < 1.29 is 19.4 Å². The van der Waals surface area contributed by atoms with Gasteiger partial charge in [0.15, 0.2) is 0 Å². The van der Waals surface area contributed by atoms with E-state index in [0.717, 1.165) is 4.47 Å². The molecular weight excluding hydrogens is 340 g/mol. The van der Waals surface area contributed by atoms with Crippen LogP contribution < -0.4 is 10.1 Å². The highest BCUT2D eigenvalue weighted by molar-refractivity contribution is 9.10. The maximum absolute atomic E-state index is 12.2. The molecule has 116 valence electrons. The van der Waals surface area contributed by atoms with E-state index in [1.165, 1.54) is 4.90 Å². The van der Waals surface area contributed by atoms with Crippen molar-refractivity contribution in [2.45, 2.75) is 26.3 Å². The van der Waals surface area contributed by atoms with E-state index in [-0.39, 0.29) is 18.5 Å². The summed E-state index contributed by atoms with van der Waals surface area (Å²) in [7, 11) is 1.54. The largest absolute Gasteiger partial charge is 0.495 e. The Morgan fingerprint density at radius 2 is 2.14 bits per heavy atom. The molecule has 0 aliphatic rings. The van der Waals surface area contributed by atoms with Gasteiger partial charge in [-0.1, -0.05) is 0 Å². The van der Waals surface area contributed by atoms with Gasteiger partial charge in [-0.05, 0) is 41.9 Å². The fourth-order valence-electron chi connectivity index (χ4n) is 1.95. The van der Waals surface area contributed by atoms with Gasteiger partial charge in [-0.3, -0.25) is 4.79 Å². The normalized spacial score (nSPS) is 11.6. The number of nitrogens with one attached hydrogen (secondary N) is 1. The van der Waals surface area contributed by atoms with Crippen LogP contribution in [-0.4, -0.2) is 41.7 Å². The molecule has 1 rings (SSSR count). The van der Waals surface area contributed by atoms with Gasteiger partial charge in [0.05, 0.1) is 18.0 Å². The van der Waals surface area contributed by atoms with E-state index in [1.54, 1.807) is 39.2 Å². The number of urea groups is 1. The molecule has 0 fully saturated rings. The summed E-state index contributed by atoms with van der Waals surface area (Å²) in [6.07, 6.45) is -0.0923. The van der Waals surface area contributed by atoms with Crippen molar-refractivity contribution in [3.05, 3.63) is 22.7 Å². The number of carbonyl (C=O) groups excluding carboxylic acids is 1. The second kappa shape index (κ2) is 7.87. The number of carboxylic acid groups (broad SMARTS) is 1. The lowest BCUT2D eigenvalue weighted by Gasteiger charge is -2.27. The van der Waals surface area contributed by atoms with Crippen molar-refractivity contribution in [3.8, 4) is 5.75 Å². The summed E-state index contributed by atoms with van der Waals surface area (Å²) >= 11 is 3.34. The molecule has 0 aromatic heterocycles. The van der Waals surface area contributed by atoms with E-state index in [4.69, 9.17) is 9.84 Å². The van der Waals surface area contributed by atoms with E-state index in [9.17, 15) is 9.59 Å². The van der Waals surface area contributed by atoms with Crippen LogP contribution in [0.1, 0.15) is 20.3 Å². The lowest BCUT2D eigenvalue weighted by atomic mass is 10.2. The molecule has 0 saturated carbocycles. The first-order valence-electron chi connectivity index (χ1n) is 6.52. The Morgan fingerprint density at radius 1 is 1.48 bits per heavy atom. The van der Waals surface area contributed by atoms with Crippen molar-refractivity contribution in [1.82, 2.24) is 4.90 Å². The molecule has 0 saturated heterocycles. The summed E-state index contributed by atoms with van der Waals surface area (Å²) in [5.41, 5.74) is 0.584.